The Morgan fingerprint density at radius 3 is 2.65 bits per heavy atom. The Bertz CT molecular complexity index is 1260. The quantitative estimate of drug-likeness (QED) is 0.556. The molecule has 31 heavy (non-hydrogen) atoms. The van der Waals surface area contributed by atoms with E-state index in [1.54, 1.807) is 10.9 Å². The van der Waals surface area contributed by atoms with Gasteiger partial charge in [0.2, 0.25) is 0 Å². The molecule has 0 bridgehead atoms. The SMILES string of the molecule is CC1CN(c2ccccc2-c2ncc3c(=O)n(Cc4ccccc4)[nH]c3n2)CCN1C. The van der Waals surface area contributed by atoms with E-state index < -0.39 is 0 Å². The molecule has 1 aliphatic rings. The molecular weight excluding hydrogens is 388 g/mol. The van der Waals surface area contributed by atoms with E-state index in [-0.39, 0.29) is 5.56 Å². The largest absolute Gasteiger partial charge is 0.368 e. The van der Waals surface area contributed by atoms with E-state index in [0.717, 1.165) is 36.4 Å². The first-order chi connectivity index (χ1) is 15.1. The molecule has 7 heteroatoms. The molecule has 1 saturated heterocycles. The van der Waals surface area contributed by atoms with Crippen molar-refractivity contribution >= 4 is 16.7 Å². The first-order valence-electron chi connectivity index (χ1n) is 10.6. The second-order valence-corrected chi connectivity index (χ2v) is 8.24. The number of likely N-dealkylation sites (N-methyl/N-ethyl adjacent to an activating group) is 1. The van der Waals surface area contributed by atoms with Gasteiger partial charge in [0.05, 0.1) is 6.54 Å². The summed E-state index contributed by atoms with van der Waals surface area (Å²) in [5, 5.41) is 3.67. The lowest BCUT2D eigenvalue weighted by atomic mass is 10.1. The van der Waals surface area contributed by atoms with Gasteiger partial charge in [-0.3, -0.25) is 9.89 Å². The van der Waals surface area contributed by atoms with E-state index in [2.05, 4.69) is 52.1 Å². The van der Waals surface area contributed by atoms with Gasteiger partial charge in [-0.25, -0.2) is 14.6 Å². The molecule has 1 N–H and O–H groups in total. The first-order valence-corrected chi connectivity index (χ1v) is 10.6. The summed E-state index contributed by atoms with van der Waals surface area (Å²) in [5.74, 6) is 0.628. The molecule has 1 unspecified atom stereocenters. The number of H-pyrrole nitrogens is 1. The van der Waals surface area contributed by atoms with Gasteiger partial charge in [0.15, 0.2) is 11.5 Å². The molecule has 0 radical (unpaired) electrons. The van der Waals surface area contributed by atoms with Crippen molar-refractivity contribution in [1.29, 1.82) is 0 Å². The van der Waals surface area contributed by atoms with Crippen molar-refractivity contribution < 1.29 is 0 Å². The second kappa shape index (κ2) is 8.00. The second-order valence-electron chi connectivity index (χ2n) is 8.24. The summed E-state index contributed by atoms with van der Waals surface area (Å²) in [4.78, 5) is 26.9. The highest BCUT2D eigenvalue weighted by Gasteiger charge is 2.23. The minimum absolute atomic E-state index is 0.105. The summed E-state index contributed by atoms with van der Waals surface area (Å²) in [7, 11) is 2.17. The van der Waals surface area contributed by atoms with Crippen LogP contribution in [-0.2, 0) is 6.54 Å². The summed E-state index contributed by atoms with van der Waals surface area (Å²) >= 11 is 0. The zero-order valence-electron chi connectivity index (χ0n) is 17.8. The monoisotopic (exact) mass is 414 g/mol. The number of hydrogen-bond donors (Lipinski definition) is 1. The molecule has 158 valence electrons. The highest BCUT2D eigenvalue weighted by atomic mass is 16.1. The number of fused-ring (bicyclic) bond motifs is 1. The highest BCUT2D eigenvalue weighted by Crippen LogP contribution is 2.30. The standard InChI is InChI=1S/C24H26N6O/c1-17-15-29(13-12-28(17)2)21-11-7-6-10-19(21)22-25-14-20-23(26-22)27-30(24(20)31)16-18-8-4-3-5-9-18/h3-11,14,17H,12-13,15-16H2,1-2H3,(H,25,26,27). The topological polar surface area (TPSA) is 70.0 Å². The summed E-state index contributed by atoms with van der Waals surface area (Å²) in [6.07, 6.45) is 1.64. The third kappa shape index (κ3) is 3.72. The smallest absolute Gasteiger partial charge is 0.277 e. The van der Waals surface area contributed by atoms with Crippen LogP contribution in [0.1, 0.15) is 12.5 Å². The average Bonchev–Trinajstić information content (AvgIpc) is 3.11. The first kappa shape index (κ1) is 19.5. The van der Waals surface area contributed by atoms with Crippen LogP contribution in [0, 0.1) is 0 Å². The number of anilines is 1. The van der Waals surface area contributed by atoms with E-state index in [1.807, 2.05) is 36.4 Å². The number of nitrogens with zero attached hydrogens (tertiary/aromatic N) is 5. The van der Waals surface area contributed by atoms with Crippen LogP contribution in [0.5, 0.6) is 0 Å². The maximum absolute atomic E-state index is 12.8. The third-order valence-corrected chi connectivity index (χ3v) is 6.13. The van der Waals surface area contributed by atoms with Crippen LogP contribution in [0.3, 0.4) is 0 Å². The molecule has 1 atom stereocenters. The summed E-state index contributed by atoms with van der Waals surface area (Å²) in [5.41, 5.74) is 3.63. The molecule has 4 aromatic rings. The van der Waals surface area contributed by atoms with Crippen molar-refractivity contribution in [3.05, 3.63) is 76.7 Å². The molecule has 7 nitrogen and oxygen atoms in total. The van der Waals surface area contributed by atoms with Gasteiger partial charge in [-0.15, -0.1) is 0 Å². The van der Waals surface area contributed by atoms with Crippen LogP contribution < -0.4 is 10.5 Å². The van der Waals surface area contributed by atoms with Gasteiger partial charge in [-0.2, -0.15) is 0 Å². The molecular formula is C24H26N6O. The number of rotatable bonds is 4. The van der Waals surface area contributed by atoms with Crippen molar-refractivity contribution in [2.45, 2.75) is 19.5 Å². The van der Waals surface area contributed by atoms with Crippen LogP contribution in [0.2, 0.25) is 0 Å². The summed E-state index contributed by atoms with van der Waals surface area (Å²) in [6, 6.07) is 18.6. The van der Waals surface area contributed by atoms with Gasteiger partial charge in [0.25, 0.3) is 5.56 Å². The molecule has 0 spiro atoms. The van der Waals surface area contributed by atoms with E-state index in [4.69, 9.17) is 4.98 Å². The number of hydrogen-bond acceptors (Lipinski definition) is 5. The fourth-order valence-corrected chi connectivity index (χ4v) is 4.16. The molecule has 0 saturated carbocycles. The van der Waals surface area contributed by atoms with Gasteiger partial charge < -0.3 is 9.80 Å². The van der Waals surface area contributed by atoms with Crippen LogP contribution in [-0.4, -0.2) is 57.4 Å². The zero-order valence-corrected chi connectivity index (χ0v) is 17.8. The van der Waals surface area contributed by atoms with E-state index in [0.29, 0.717) is 29.4 Å². The Morgan fingerprint density at radius 2 is 1.84 bits per heavy atom. The number of aromatic amines is 1. The zero-order chi connectivity index (χ0) is 21.4. The Labute approximate surface area is 181 Å². The number of para-hydroxylation sites is 1. The molecule has 3 heterocycles. The molecule has 5 rings (SSSR count). The van der Waals surface area contributed by atoms with E-state index in [9.17, 15) is 4.79 Å². The Kier molecular flexibility index (Phi) is 5.03. The minimum atomic E-state index is -0.105. The average molecular weight is 415 g/mol. The lowest BCUT2D eigenvalue weighted by molar-refractivity contribution is 0.234. The fourth-order valence-electron chi connectivity index (χ4n) is 4.16. The summed E-state index contributed by atoms with van der Waals surface area (Å²) in [6.45, 7) is 5.66. The van der Waals surface area contributed by atoms with E-state index in [1.165, 1.54) is 0 Å². The molecule has 2 aromatic carbocycles. The number of nitrogens with one attached hydrogen (secondary N) is 1. The maximum atomic E-state index is 12.8. The highest BCUT2D eigenvalue weighted by molar-refractivity contribution is 5.79. The number of aromatic nitrogens is 4. The number of benzene rings is 2. The van der Waals surface area contributed by atoms with Crippen molar-refractivity contribution in [3.8, 4) is 11.4 Å². The predicted molar refractivity (Wildman–Crippen MR) is 123 cm³/mol. The van der Waals surface area contributed by atoms with Gasteiger partial charge in [-0.1, -0.05) is 42.5 Å². The van der Waals surface area contributed by atoms with Crippen molar-refractivity contribution in [2.75, 3.05) is 31.6 Å². The minimum Gasteiger partial charge on any atom is -0.368 e. The van der Waals surface area contributed by atoms with Gasteiger partial charge >= 0.3 is 0 Å². The lowest BCUT2D eigenvalue weighted by Gasteiger charge is -2.39. The van der Waals surface area contributed by atoms with E-state index >= 15 is 0 Å². The van der Waals surface area contributed by atoms with Crippen LogP contribution >= 0.6 is 0 Å². The van der Waals surface area contributed by atoms with Gasteiger partial charge in [0, 0.05) is 43.1 Å². The molecule has 0 amide bonds. The normalized spacial score (nSPS) is 17.4. The molecule has 1 fully saturated rings. The third-order valence-electron chi connectivity index (χ3n) is 6.13. The summed E-state index contributed by atoms with van der Waals surface area (Å²) < 4.78 is 1.59. The molecule has 1 aliphatic heterocycles. The molecule has 0 aliphatic carbocycles. The maximum Gasteiger partial charge on any atom is 0.277 e. The van der Waals surface area contributed by atoms with Gasteiger partial charge in [-0.05, 0) is 31.7 Å². The van der Waals surface area contributed by atoms with Crippen molar-refractivity contribution in [1.82, 2.24) is 24.6 Å². The van der Waals surface area contributed by atoms with Crippen LogP contribution in [0.15, 0.2) is 65.6 Å². The van der Waals surface area contributed by atoms with Crippen molar-refractivity contribution in [3.63, 3.8) is 0 Å². The van der Waals surface area contributed by atoms with Crippen LogP contribution in [0.4, 0.5) is 5.69 Å². The van der Waals surface area contributed by atoms with Gasteiger partial charge in [0.1, 0.15) is 5.39 Å². The van der Waals surface area contributed by atoms with Crippen LogP contribution in [0.25, 0.3) is 22.4 Å². The lowest BCUT2D eigenvalue weighted by Crippen LogP contribution is -2.50. The van der Waals surface area contributed by atoms with Crippen molar-refractivity contribution in [2.24, 2.45) is 0 Å². The molecule has 2 aromatic heterocycles. The Balaban J connectivity index is 1.51. The fraction of sp³-hybridized carbons (Fsp3) is 0.292. The number of piperazine rings is 1. The Morgan fingerprint density at radius 1 is 1.06 bits per heavy atom. The predicted octanol–water partition coefficient (Wildman–Crippen LogP) is 2.98. The Hall–Kier alpha value is -3.45.